The van der Waals surface area contributed by atoms with Crippen molar-refractivity contribution in [3.05, 3.63) is 102 Å². The first-order valence-corrected chi connectivity index (χ1v) is 19.1. The Morgan fingerprint density at radius 2 is 1.09 bits per heavy atom. The molecule has 0 spiro atoms. The lowest BCUT2D eigenvalue weighted by atomic mass is 10.1. The molecule has 0 amide bonds. The largest absolute Gasteiger partial charge is 0.497 e. The average Bonchev–Trinajstić information content (AvgIpc) is 3.28. The number of nitrogens with zero attached hydrogens (tertiary/aromatic N) is 6. The summed E-state index contributed by atoms with van der Waals surface area (Å²) in [6, 6.07) is 23.8. The van der Waals surface area contributed by atoms with Gasteiger partial charge in [-0.25, -0.2) is 19.9 Å². The Kier molecular flexibility index (Phi) is 14.7. The monoisotopic (exact) mass is 802 g/mol. The summed E-state index contributed by atoms with van der Waals surface area (Å²) in [5.41, 5.74) is 10.4. The number of aromatic nitrogens is 4. The van der Waals surface area contributed by atoms with E-state index < -0.39 is 0 Å². The Hall–Kier alpha value is -5.67. The van der Waals surface area contributed by atoms with Crippen LogP contribution in [0.25, 0.3) is 21.8 Å². The van der Waals surface area contributed by atoms with Crippen LogP contribution in [0.5, 0.6) is 23.0 Å². The van der Waals surface area contributed by atoms with Gasteiger partial charge in [-0.3, -0.25) is 0 Å². The normalized spacial score (nSPS) is 13.9. The van der Waals surface area contributed by atoms with E-state index in [9.17, 15) is 0 Å². The van der Waals surface area contributed by atoms with E-state index in [0.29, 0.717) is 37.3 Å². The molecule has 8 rings (SSSR count). The third-order valence-corrected chi connectivity index (χ3v) is 9.71. The fourth-order valence-corrected chi connectivity index (χ4v) is 6.67. The Bertz CT molecular complexity index is 2200. The highest BCUT2D eigenvalue weighted by Gasteiger charge is 2.19. The minimum Gasteiger partial charge on any atom is -0.497 e. The van der Waals surface area contributed by atoms with Crippen LogP contribution in [0.4, 0.5) is 17.2 Å². The molecule has 15 heteroatoms. The van der Waals surface area contributed by atoms with Gasteiger partial charge >= 0.3 is 0 Å². The van der Waals surface area contributed by atoms with Crippen LogP contribution in [0.3, 0.4) is 0 Å². The van der Waals surface area contributed by atoms with Crippen molar-refractivity contribution in [2.45, 2.75) is 13.2 Å². The Balaban J connectivity index is 0.000000294. The number of morpholine rings is 2. The van der Waals surface area contributed by atoms with Gasteiger partial charge in [0.2, 0.25) is 0 Å². The smallest absolute Gasteiger partial charge is 0.144 e. The summed E-state index contributed by atoms with van der Waals surface area (Å²) in [6.45, 7) is 7.12. The van der Waals surface area contributed by atoms with Crippen LogP contribution in [0.1, 0.15) is 15.4 Å². The lowest BCUT2D eigenvalue weighted by Crippen LogP contribution is -2.36. The van der Waals surface area contributed by atoms with E-state index >= 15 is 0 Å². The maximum Gasteiger partial charge on any atom is 0.144 e. The molecule has 0 unspecified atom stereocenters. The molecule has 4 aromatic carbocycles. The number of nitrogens with two attached hydrogens (primary N) is 1. The van der Waals surface area contributed by atoms with Crippen molar-refractivity contribution in [1.82, 2.24) is 19.9 Å². The molecule has 2 fully saturated rings. The minimum atomic E-state index is 0. The summed E-state index contributed by atoms with van der Waals surface area (Å²) in [7, 11) is 6.66. The van der Waals surface area contributed by atoms with Gasteiger partial charge in [0, 0.05) is 61.0 Å². The Labute approximate surface area is 342 Å². The van der Waals surface area contributed by atoms with Gasteiger partial charge in [-0.1, -0.05) is 35.9 Å². The van der Waals surface area contributed by atoms with Gasteiger partial charge in [-0.15, -0.1) is 0 Å². The molecule has 0 aliphatic carbocycles. The highest BCUT2D eigenvalue weighted by Crippen LogP contribution is 2.37. The van der Waals surface area contributed by atoms with Crippen molar-refractivity contribution in [3.63, 3.8) is 0 Å². The number of hydrogen-bond donors (Lipinski definition) is 2. The highest BCUT2D eigenvalue weighted by molar-refractivity contribution is 6.34. The second kappa shape index (κ2) is 20.5. The Morgan fingerprint density at radius 1 is 0.649 bits per heavy atom. The highest BCUT2D eigenvalue weighted by atomic mass is 35.5. The van der Waals surface area contributed by atoms with Gasteiger partial charge in [-0.2, -0.15) is 0 Å². The van der Waals surface area contributed by atoms with Crippen molar-refractivity contribution < 1.29 is 32.7 Å². The molecule has 4 heterocycles. The van der Waals surface area contributed by atoms with Crippen LogP contribution in [0.15, 0.2) is 85.5 Å². The fourth-order valence-electron chi connectivity index (χ4n) is 6.43. The predicted molar refractivity (Wildman–Crippen MR) is 231 cm³/mol. The van der Waals surface area contributed by atoms with Crippen molar-refractivity contribution in [2.24, 2.45) is 5.73 Å². The van der Waals surface area contributed by atoms with Gasteiger partial charge in [0.05, 0.1) is 62.5 Å². The molecule has 0 saturated carbocycles. The average molecular weight is 803 g/mol. The van der Waals surface area contributed by atoms with E-state index in [1.165, 1.54) is 13.4 Å². The lowest BCUT2D eigenvalue weighted by Gasteiger charge is -2.29. The molecule has 2 saturated heterocycles. The van der Waals surface area contributed by atoms with E-state index in [4.69, 9.17) is 40.0 Å². The first kappa shape index (κ1) is 41.0. The second-order valence-electron chi connectivity index (χ2n) is 12.8. The molecule has 2 aliphatic heterocycles. The lowest BCUT2D eigenvalue weighted by molar-refractivity contribution is 0.122. The molecule has 57 heavy (non-hydrogen) atoms. The molecule has 0 bridgehead atoms. The first-order chi connectivity index (χ1) is 28.0. The molecule has 2 aliphatic rings. The van der Waals surface area contributed by atoms with Crippen LogP contribution in [0, 0.1) is 0 Å². The topological polar surface area (TPSA) is 151 Å². The summed E-state index contributed by atoms with van der Waals surface area (Å²) in [5.74, 6) is 3.84. The number of halogens is 1. The summed E-state index contributed by atoms with van der Waals surface area (Å²) in [6.07, 6.45) is 3.05. The maximum atomic E-state index is 6.34. The van der Waals surface area contributed by atoms with Crippen LogP contribution in [0.2, 0.25) is 5.15 Å². The van der Waals surface area contributed by atoms with Crippen molar-refractivity contribution in [3.8, 4) is 23.0 Å². The zero-order chi connectivity index (χ0) is 40.0. The van der Waals surface area contributed by atoms with Crippen LogP contribution >= 0.6 is 11.6 Å². The summed E-state index contributed by atoms with van der Waals surface area (Å²) in [4.78, 5) is 21.9. The second-order valence-corrected chi connectivity index (χ2v) is 13.1. The zero-order valence-electron chi connectivity index (χ0n) is 32.7. The van der Waals surface area contributed by atoms with E-state index in [0.717, 1.165) is 107 Å². The number of nitrogens with one attached hydrogen (secondary N) is 1. The summed E-state index contributed by atoms with van der Waals surface area (Å²) >= 11 is 6.34. The first-order valence-electron chi connectivity index (χ1n) is 18.7. The minimum absolute atomic E-state index is 0. The standard InChI is InChI=1S/C21H24N4O3.C20H20ClN3O3.CH5N.3H2/c1-22-21-20-18(23-14-24-21)11-16(25-7-9-27-10-8-25)12-19(20)28-13-15-3-5-17(26-2)6-4-15;1-25-16-4-2-14(3-5-16)12-27-18-11-15(24-6-8-26-9-7-24)10-17-19(18)20(21)23-13-22-17;1-2;;;/h3-6,11-12,14H,7-10,13H2,1-2H3,(H,22,23,24);2-5,10-11,13H,6-9,12H2,1H3;2H2,1H3;3*1H. The summed E-state index contributed by atoms with van der Waals surface area (Å²) in [5, 5.41) is 5.14. The van der Waals surface area contributed by atoms with Gasteiger partial charge in [0.1, 0.15) is 59.8 Å². The number of fused-ring (bicyclic) bond motifs is 2. The van der Waals surface area contributed by atoms with E-state index in [-0.39, 0.29) is 4.28 Å². The van der Waals surface area contributed by atoms with E-state index in [1.807, 2.05) is 67.7 Å². The van der Waals surface area contributed by atoms with Crippen molar-refractivity contribution >= 4 is 50.6 Å². The van der Waals surface area contributed by atoms with Gasteiger partial charge in [0.15, 0.2) is 0 Å². The number of rotatable bonds is 11. The number of hydrogen-bond acceptors (Lipinski definition) is 14. The van der Waals surface area contributed by atoms with E-state index in [1.54, 1.807) is 20.5 Å². The van der Waals surface area contributed by atoms with Gasteiger partial charge in [-0.05, 0) is 54.6 Å². The van der Waals surface area contributed by atoms with Gasteiger partial charge in [0.25, 0.3) is 0 Å². The third kappa shape index (κ3) is 10.4. The molecule has 3 N–H and O–H groups in total. The number of benzene rings is 4. The number of anilines is 3. The van der Waals surface area contributed by atoms with Crippen molar-refractivity contribution in [2.75, 3.05) is 96.0 Å². The van der Waals surface area contributed by atoms with E-state index in [2.05, 4.69) is 52.9 Å². The number of ether oxygens (including phenoxy) is 6. The molecule has 0 radical (unpaired) electrons. The third-order valence-electron chi connectivity index (χ3n) is 9.42. The quantitative estimate of drug-likeness (QED) is 0.128. The fraction of sp³-hybridized carbons (Fsp3) is 0.333. The van der Waals surface area contributed by atoms with Crippen LogP contribution < -0.4 is 39.8 Å². The Morgan fingerprint density at radius 3 is 1.54 bits per heavy atom. The molecule has 2 aromatic heterocycles. The molecular formula is C42H55ClN8O6. The molecule has 14 nitrogen and oxygen atoms in total. The summed E-state index contributed by atoms with van der Waals surface area (Å²) < 4.78 is 33.7. The molecule has 306 valence electrons. The van der Waals surface area contributed by atoms with Gasteiger partial charge < -0.3 is 49.3 Å². The zero-order valence-corrected chi connectivity index (χ0v) is 33.5. The van der Waals surface area contributed by atoms with Crippen molar-refractivity contribution in [1.29, 1.82) is 0 Å². The molecule has 6 aromatic rings. The predicted octanol–water partition coefficient (Wildman–Crippen LogP) is 7.12. The maximum absolute atomic E-state index is 6.34. The SMILES string of the molecule is CN.CNc1ncnc2cc(N3CCOCC3)cc(OCc3ccc(OC)cc3)c12.COc1ccc(COc2cc(N3CCOCC3)cc3ncnc(Cl)c23)cc1.[HH].[HH].[HH]. The molecular weight excluding hydrogens is 748 g/mol. The van der Waals surface area contributed by atoms with Crippen LogP contribution in [-0.4, -0.2) is 101 Å². The molecule has 0 atom stereocenters. The van der Waals surface area contributed by atoms with Crippen LogP contribution in [-0.2, 0) is 22.7 Å². The number of methoxy groups -OCH3 is 2.